The molecule has 0 aromatic heterocycles. The van der Waals surface area contributed by atoms with Crippen LogP contribution in [0.25, 0.3) is 22.3 Å². The first kappa shape index (κ1) is 18.1. The maximum Gasteiger partial charge on any atom is 0.347 e. The van der Waals surface area contributed by atoms with Gasteiger partial charge >= 0.3 is 11.9 Å². The molecule has 0 fully saturated rings. The van der Waals surface area contributed by atoms with Gasteiger partial charge in [0.2, 0.25) is 0 Å². The number of carbonyl (C=O) groups excluding carboxylic acids is 2. The van der Waals surface area contributed by atoms with Gasteiger partial charge in [0, 0.05) is 21.8 Å². The van der Waals surface area contributed by atoms with Crippen LogP contribution in [-0.2, 0) is 15.4 Å². The minimum atomic E-state index is -0.589. The molecule has 0 unspecified atom stereocenters. The highest BCUT2D eigenvalue weighted by Gasteiger charge is 2.38. The van der Waals surface area contributed by atoms with E-state index < -0.39 is 11.9 Å². The summed E-state index contributed by atoms with van der Waals surface area (Å²) in [5, 5.41) is 1.10. The van der Waals surface area contributed by atoms with Crippen LogP contribution in [0.3, 0.4) is 0 Å². The Morgan fingerprint density at radius 3 is 1.30 bits per heavy atom. The number of halogens is 2. The van der Waals surface area contributed by atoms with Crippen molar-refractivity contribution in [1.82, 2.24) is 0 Å². The number of esters is 2. The van der Waals surface area contributed by atoms with Gasteiger partial charge in [0.05, 0.1) is 11.1 Å². The van der Waals surface area contributed by atoms with E-state index in [0.717, 1.165) is 33.4 Å². The van der Waals surface area contributed by atoms with Gasteiger partial charge in [-0.15, -0.1) is 0 Å². The van der Waals surface area contributed by atoms with Crippen LogP contribution in [-0.4, -0.2) is 11.9 Å². The molecular weight excluding hydrogens is 472 g/mol. The number of rotatable bonds is 4. The summed E-state index contributed by atoms with van der Waals surface area (Å²) in [5.74, 6) is -1.18. The first-order valence-corrected chi connectivity index (χ1v) is 10.6. The standard InChI is InChI=1S/C22H14Br2O3/c23-11-15-16(12-24)18(14-9-5-2-6-10-14)20-19(21(25)27-22(20)26)17(15)13-7-3-1-4-8-13/h1-10H,11-12H2. The predicted octanol–water partition coefficient (Wildman–Crippen LogP) is 6.12. The Bertz CT molecular complexity index is 960. The van der Waals surface area contributed by atoms with Gasteiger partial charge in [0.15, 0.2) is 0 Å². The second-order valence-electron chi connectivity index (χ2n) is 6.13. The number of cyclic esters (lactones) is 2. The predicted molar refractivity (Wildman–Crippen MR) is 112 cm³/mol. The van der Waals surface area contributed by atoms with E-state index in [1.54, 1.807) is 0 Å². The summed E-state index contributed by atoms with van der Waals surface area (Å²) < 4.78 is 5.05. The molecule has 0 bridgehead atoms. The second kappa shape index (κ2) is 7.41. The molecule has 1 aliphatic rings. The van der Waals surface area contributed by atoms with E-state index in [1.807, 2.05) is 60.7 Å². The molecule has 4 rings (SSSR count). The van der Waals surface area contributed by atoms with Gasteiger partial charge in [0.1, 0.15) is 0 Å². The van der Waals surface area contributed by atoms with Gasteiger partial charge in [-0.3, -0.25) is 0 Å². The minimum Gasteiger partial charge on any atom is -0.386 e. The van der Waals surface area contributed by atoms with Crippen molar-refractivity contribution in [3.8, 4) is 22.3 Å². The molecule has 0 spiro atoms. The van der Waals surface area contributed by atoms with Crippen molar-refractivity contribution < 1.29 is 14.3 Å². The van der Waals surface area contributed by atoms with E-state index in [4.69, 9.17) is 4.74 Å². The zero-order chi connectivity index (χ0) is 19.0. The second-order valence-corrected chi connectivity index (χ2v) is 7.25. The Morgan fingerprint density at radius 2 is 0.963 bits per heavy atom. The number of hydrogen-bond acceptors (Lipinski definition) is 3. The molecule has 3 aromatic rings. The lowest BCUT2D eigenvalue weighted by atomic mass is 9.83. The van der Waals surface area contributed by atoms with Crippen LogP contribution >= 0.6 is 31.9 Å². The molecule has 0 N–H and O–H groups in total. The normalized spacial score (nSPS) is 12.8. The molecule has 5 heteroatoms. The van der Waals surface area contributed by atoms with Gasteiger partial charge < -0.3 is 4.74 Å². The van der Waals surface area contributed by atoms with Crippen molar-refractivity contribution in [2.45, 2.75) is 10.7 Å². The summed E-state index contributed by atoms with van der Waals surface area (Å²) in [4.78, 5) is 25.3. The molecule has 0 amide bonds. The van der Waals surface area contributed by atoms with Gasteiger partial charge in [-0.25, -0.2) is 9.59 Å². The van der Waals surface area contributed by atoms with E-state index in [1.165, 1.54) is 0 Å². The smallest absolute Gasteiger partial charge is 0.347 e. The van der Waals surface area contributed by atoms with Gasteiger partial charge in [-0.2, -0.15) is 0 Å². The van der Waals surface area contributed by atoms with Crippen molar-refractivity contribution in [3.05, 3.63) is 82.9 Å². The molecule has 0 aliphatic carbocycles. The molecule has 0 radical (unpaired) electrons. The van der Waals surface area contributed by atoms with Crippen molar-refractivity contribution in [3.63, 3.8) is 0 Å². The highest BCUT2D eigenvalue weighted by molar-refractivity contribution is 9.09. The zero-order valence-corrected chi connectivity index (χ0v) is 17.3. The SMILES string of the molecule is O=C1OC(=O)c2c1c(-c1ccccc1)c(CBr)c(CBr)c2-c1ccccc1. The fourth-order valence-electron chi connectivity index (χ4n) is 3.59. The van der Waals surface area contributed by atoms with Crippen molar-refractivity contribution in [1.29, 1.82) is 0 Å². The third kappa shape index (κ3) is 2.95. The fraction of sp³-hybridized carbons (Fsp3) is 0.0909. The van der Waals surface area contributed by atoms with Crippen LogP contribution in [0.15, 0.2) is 60.7 Å². The third-order valence-electron chi connectivity index (χ3n) is 4.70. The first-order chi connectivity index (χ1) is 13.2. The molecule has 1 aliphatic heterocycles. The lowest BCUT2D eigenvalue weighted by Gasteiger charge is -2.20. The summed E-state index contributed by atoms with van der Waals surface area (Å²) in [7, 11) is 0. The number of carbonyl (C=O) groups is 2. The van der Waals surface area contributed by atoms with E-state index >= 15 is 0 Å². The lowest BCUT2D eigenvalue weighted by Crippen LogP contribution is -2.07. The highest BCUT2D eigenvalue weighted by Crippen LogP contribution is 2.44. The molecule has 1 heterocycles. The van der Waals surface area contributed by atoms with Crippen molar-refractivity contribution in [2.75, 3.05) is 0 Å². The van der Waals surface area contributed by atoms with Gasteiger partial charge in [-0.05, 0) is 22.3 Å². The Morgan fingerprint density at radius 1 is 0.593 bits per heavy atom. The van der Waals surface area contributed by atoms with Crippen molar-refractivity contribution >= 4 is 43.8 Å². The molecule has 3 nitrogen and oxygen atoms in total. The topological polar surface area (TPSA) is 43.4 Å². The molecule has 27 heavy (non-hydrogen) atoms. The van der Waals surface area contributed by atoms with E-state index in [2.05, 4.69) is 31.9 Å². The molecule has 134 valence electrons. The molecular formula is C22H14Br2O3. The zero-order valence-electron chi connectivity index (χ0n) is 14.2. The van der Waals surface area contributed by atoms with Crippen LogP contribution < -0.4 is 0 Å². The van der Waals surface area contributed by atoms with Crippen LogP contribution in [0.2, 0.25) is 0 Å². The van der Waals surface area contributed by atoms with E-state index in [9.17, 15) is 9.59 Å². The van der Waals surface area contributed by atoms with Crippen LogP contribution in [0.5, 0.6) is 0 Å². The quantitative estimate of drug-likeness (QED) is 0.254. The van der Waals surface area contributed by atoms with Crippen LogP contribution in [0, 0.1) is 0 Å². The monoisotopic (exact) mass is 484 g/mol. The number of fused-ring (bicyclic) bond motifs is 1. The summed E-state index contributed by atoms with van der Waals surface area (Å²) in [5.41, 5.74) is 5.94. The van der Waals surface area contributed by atoms with Crippen molar-refractivity contribution in [2.24, 2.45) is 0 Å². The molecule has 0 saturated carbocycles. The number of ether oxygens (including phenoxy) is 1. The van der Waals surface area contributed by atoms with Gasteiger partial charge in [0.25, 0.3) is 0 Å². The highest BCUT2D eigenvalue weighted by atomic mass is 79.9. The Labute approximate surface area is 173 Å². The average molecular weight is 486 g/mol. The maximum absolute atomic E-state index is 12.7. The summed E-state index contributed by atoms with van der Waals surface area (Å²) >= 11 is 7.18. The van der Waals surface area contributed by atoms with Crippen LogP contribution in [0.1, 0.15) is 31.8 Å². The largest absolute Gasteiger partial charge is 0.386 e. The summed E-state index contributed by atoms with van der Waals surface area (Å²) in [6, 6.07) is 19.3. The fourth-order valence-corrected chi connectivity index (χ4v) is 4.83. The summed E-state index contributed by atoms with van der Waals surface area (Å²) in [6.07, 6.45) is 0. The molecule has 3 aromatic carbocycles. The van der Waals surface area contributed by atoms with Crippen LogP contribution in [0.4, 0.5) is 0 Å². The number of hydrogen-bond donors (Lipinski definition) is 0. The number of benzene rings is 3. The maximum atomic E-state index is 12.7. The summed E-state index contributed by atoms with van der Waals surface area (Å²) in [6.45, 7) is 0. The average Bonchev–Trinajstić information content (AvgIpc) is 3.01. The number of alkyl halides is 2. The van der Waals surface area contributed by atoms with Gasteiger partial charge in [-0.1, -0.05) is 92.5 Å². The first-order valence-electron chi connectivity index (χ1n) is 8.38. The third-order valence-corrected chi connectivity index (χ3v) is 5.83. The molecule has 0 saturated heterocycles. The lowest BCUT2D eigenvalue weighted by molar-refractivity contribution is 0.0444. The van der Waals surface area contributed by atoms with E-state index in [0.29, 0.717) is 21.8 Å². The Kier molecular flexibility index (Phi) is 4.98. The Hall–Kier alpha value is -2.24. The van der Waals surface area contributed by atoms with E-state index in [-0.39, 0.29) is 0 Å². The minimum absolute atomic E-state index is 0.351. The Balaban J connectivity index is 2.19. The molecule has 0 atom stereocenters.